The molecule has 138 valence electrons. The first kappa shape index (κ1) is 17.3. The second-order valence-electron chi connectivity index (χ2n) is 6.92. The SMILES string of the molecule is Cc1ccc(N2CCN(C(=O)c3ccc(-n4cccn4)nc3)CC2)c(C)c1. The molecule has 0 unspecified atom stereocenters. The maximum atomic E-state index is 12.8. The van der Waals surface area contributed by atoms with Gasteiger partial charge in [-0.15, -0.1) is 0 Å². The number of nitrogens with zero attached hydrogens (tertiary/aromatic N) is 5. The molecule has 0 radical (unpaired) electrons. The number of carbonyl (C=O) groups is 1. The Balaban J connectivity index is 1.41. The van der Waals surface area contributed by atoms with E-state index in [0.717, 1.165) is 13.1 Å². The van der Waals surface area contributed by atoms with E-state index in [0.29, 0.717) is 24.5 Å². The highest BCUT2D eigenvalue weighted by Gasteiger charge is 2.23. The summed E-state index contributed by atoms with van der Waals surface area (Å²) in [5.74, 6) is 0.742. The normalized spacial score (nSPS) is 14.4. The van der Waals surface area contributed by atoms with Crippen molar-refractivity contribution in [2.24, 2.45) is 0 Å². The molecular weight excluding hydrogens is 338 g/mol. The van der Waals surface area contributed by atoms with Gasteiger partial charge in [0.2, 0.25) is 0 Å². The summed E-state index contributed by atoms with van der Waals surface area (Å²) in [6.07, 6.45) is 5.17. The molecule has 2 aromatic heterocycles. The van der Waals surface area contributed by atoms with Gasteiger partial charge in [0.15, 0.2) is 5.82 Å². The van der Waals surface area contributed by atoms with Gasteiger partial charge >= 0.3 is 0 Å². The quantitative estimate of drug-likeness (QED) is 0.720. The Hall–Kier alpha value is -3.15. The average molecular weight is 361 g/mol. The Morgan fingerprint density at radius 3 is 2.48 bits per heavy atom. The summed E-state index contributed by atoms with van der Waals surface area (Å²) in [5, 5.41) is 4.15. The summed E-state index contributed by atoms with van der Waals surface area (Å²) in [7, 11) is 0. The Labute approximate surface area is 159 Å². The topological polar surface area (TPSA) is 54.3 Å². The van der Waals surface area contributed by atoms with E-state index in [-0.39, 0.29) is 5.91 Å². The number of pyridine rings is 1. The molecule has 3 heterocycles. The fourth-order valence-corrected chi connectivity index (χ4v) is 3.55. The van der Waals surface area contributed by atoms with E-state index in [9.17, 15) is 4.79 Å². The highest BCUT2D eigenvalue weighted by Crippen LogP contribution is 2.23. The van der Waals surface area contributed by atoms with Gasteiger partial charge in [-0.05, 0) is 43.7 Å². The lowest BCUT2D eigenvalue weighted by atomic mass is 10.1. The molecule has 0 aliphatic carbocycles. The van der Waals surface area contributed by atoms with Crippen LogP contribution in [0.4, 0.5) is 5.69 Å². The lowest BCUT2D eigenvalue weighted by molar-refractivity contribution is 0.0746. The number of anilines is 1. The van der Waals surface area contributed by atoms with Crippen LogP contribution >= 0.6 is 0 Å². The third-order valence-electron chi connectivity index (χ3n) is 4.99. The third kappa shape index (κ3) is 3.56. The molecule has 4 rings (SSSR count). The van der Waals surface area contributed by atoms with E-state index in [1.807, 2.05) is 29.3 Å². The fraction of sp³-hybridized carbons (Fsp3) is 0.286. The number of carbonyl (C=O) groups excluding carboxylic acids is 1. The van der Waals surface area contributed by atoms with Crippen molar-refractivity contribution in [1.82, 2.24) is 19.7 Å². The van der Waals surface area contributed by atoms with Crippen LogP contribution in [0.15, 0.2) is 55.0 Å². The van der Waals surface area contributed by atoms with Crippen molar-refractivity contribution in [3.05, 3.63) is 71.7 Å². The molecular formula is C21H23N5O. The lowest BCUT2D eigenvalue weighted by Gasteiger charge is -2.37. The standard InChI is InChI=1S/C21H23N5O/c1-16-4-6-19(17(2)14-16)24-10-12-25(13-11-24)21(27)18-5-7-20(22-15-18)26-9-3-8-23-26/h3-9,14-15H,10-13H2,1-2H3. The predicted octanol–water partition coefficient (Wildman–Crippen LogP) is 2.85. The zero-order valence-corrected chi connectivity index (χ0v) is 15.7. The lowest BCUT2D eigenvalue weighted by Crippen LogP contribution is -2.49. The van der Waals surface area contributed by atoms with Gasteiger partial charge in [-0.2, -0.15) is 5.10 Å². The van der Waals surface area contributed by atoms with Crippen molar-refractivity contribution in [3.8, 4) is 5.82 Å². The maximum Gasteiger partial charge on any atom is 0.255 e. The summed E-state index contributed by atoms with van der Waals surface area (Å²) in [5.41, 5.74) is 4.44. The molecule has 1 aliphatic rings. The minimum Gasteiger partial charge on any atom is -0.368 e. The van der Waals surface area contributed by atoms with Crippen molar-refractivity contribution < 1.29 is 4.79 Å². The fourth-order valence-electron chi connectivity index (χ4n) is 3.55. The van der Waals surface area contributed by atoms with Crippen LogP contribution in [0.1, 0.15) is 21.5 Å². The smallest absolute Gasteiger partial charge is 0.255 e. The van der Waals surface area contributed by atoms with E-state index in [1.54, 1.807) is 17.1 Å². The first-order valence-electron chi connectivity index (χ1n) is 9.19. The summed E-state index contributed by atoms with van der Waals surface area (Å²) >= 11 is 0. The first-order valence-corrected chi connectivity index (χ1v) is 9.19. The monoisotopic (exact) mass is 361 g/mol. The van der Waals surface area contributed by atoms with E-state index in [2.05, 4.69) is 47.0 Å². The van der Waals surface area contributed by atoms with Crippen LogP contribution < -0.4 is 4.90 Å². The van der Waals surface area contributed by atoms with E-state index in [4.69, 9.17) is 0 Å². The van der Waals surface area contributed by atoms with E-state index in [1.165, 1.54) is 16.8 Å². The van der Waals surface area contributed by atoms with Crippen molar-refractivity contribution >= 4 is 11.6 Å². The molecule has 1 fully saturated rings. The molecule has 1 aliphatic heterocycles. The minimum atomic E-state index is 0.0368. The molecule has 27 heavy (non-hydrogen) atoms. The van der Waals surface area contributed by atoms with Crippen LogP contribution in [-0.2, 0) is 0 Å². The molecule has 0 atom stereocenters. The van der Waals surface area contributed by atoms with Gasteiger partial charge in [0.25, 0.3) is 5.91 Å². The highest BCUT2D eigenvalue weighted by molar-refractivity contribution is 5.94. The molecule has 6 heteroatoms. The molecule has 0 bridgehead atoms. The van der Waals surface area contributed by atoms with Gasteiger partial charge in [0.1, 0.15) is 0 Å². The van der Waals surface area contributed by atoms with Crippen molar-refractivity contribution in [1.29, 1.82) is 0 Å². The van der Waals surface area contributed by atoms with Gasteiger partial charge in [-0.1, -0.05) is 17.7 Å². The average Bonchev–Trinajstić information content (AvgIpc) is 3.23. The minimum absolute atomic E-state index is 0.0368. The maximum absolute atomic E-state index is 12.8. The van der Waals surface area contributed by atoms with Gasteiger partial charge < -0.3 is 9.80 Å². The summed E-state index contributed by atoms with van der Waals surface area (Å²) in [4.78, 5) is 21.4. The summed E-state index contributed by atoms with van der Waals surface area (Å²) < 4.78 is 1.68. The number of piperazine rings is 1. The number of amides is 1. The number of benzene rings is 1. The van der Waals surface area contributed by atoms with Crippen LogP contribution in [0.5, 0.6) is 0 Å². The van der Waals surface area contributed by atoms with Gasteiger partial charge in [0, 0.05) is 50.5 Å². The zero-order chi connectivity index (χ0) is 18.8. The number of hydrogen-bond donors (Lipinski definition) is 0. The summed E-state index contributed by atoms with van der Waals surface area (Å²) in [6.45, 7) is 7.37. The highest BCUT2D eigenvalue weighted by atomic mass is 16.2. The predicted molar refractivity (Wildman–Crippen MR) is 105 cm³/mol. The van der Waals surface area contributed by atoms with Crippen LogP contribution in [0, 0.1) is 13.8 Å². The Kier molecular flexibility index (Phi) is 4.62. The third-order valence-corrected chi connectivity index (χ3v) is 4.99. The molecule has 1 saturated heterocycles. The first-order chi connectivity index (χ1) is 13.1. The molecule has 0 N–H and O–H groups in total. The zero-order valence-electron chi connectivity index (χ0n) is 15.7. The van der Waals surface area contributed by atoms with Crippen LogP contribution in [0.2, 0.25) is 0 Å². The Bertz CT molecular complexity index is 926. The molecule has 0 saturated carbocycles. The molecule has 1 amide bonds. The Morgan fingerprint density at radius 1 is 1.04 bits per heavy atom. The number of hydrogen-bond acceptors (Lipinski definition) is 4. The second-order valence-corrected chi connectivity index (χ2v) is 6.92. The molecule has 3 aromatic rings. The van der Waals surface area contributed by atoms with Gasteiger partial charge in [-0.3, -0.25) is 4.79 Å². The van der Waals surface area contributed by atoms with Crippen LogP contribution in [0.3, 0.4) is 0 Å². The second kappa shape index (κ2) is 7.23. The van der Waals surface area contributed by atoms with Crippen molar-refractivity contribution in [2.75, 3.05) is 31.1 Å². The van der Waals surface area contributed by atoms with Crippen LogP contribution in [0.25, 0.3) is 5.82 Å². The number of aromatic nitrogens is 3. The summed E-state index contributed by atoms with van der Waals surface area (Å²) in [6, 6.07) is 12.0. The largest absolute Gasteiger partial charge is 0.368 e. The van der Waals surface area contributed by atoms with Crippen molar-refractivity contribution in [2.45, 2.75) is 13.8 Å². The van der Waals surface area contributed by atoms with E-state index >= 15 is 0 Å². The van der Waals surface area contributed by atoms with Crippen LogP contribution in [-0.4, -0.2) is 51.8 Å². The van der Waals surface area contributed by atoms with Crippen molar-refractivity contribution in [3.63, 3.8) is 0 Å². The number of rotatable bonds is 3. The van der Waals surface area contributed by atoms with Gasteiger partial charge in [0.05, 0.1) is 5.56 Å². The Morgan fingerprint density at radius 2 is 1.85 bits per heavy atom. The van der Waals surface area contributed by atoms with Gasteiger partial charge in [-0.25, -0.2) is 9.67 Å². The molecule has 1 aromatic carbocycles. The molecule has 0 spiro atoms. The van der Waals surface area contributed by atoms with E-state index < -0.39 is 0 Å². The molecule has 6 nitrogen and oxygen atoms in total. The number of aryl methyl sites for hydroxylation is 2.